The third-order valence-corrected chi connectivity index (χ3v) is 9.47. The van der Waals surface area contributed by atoms with E-state index in [1.54, 1.807) is 0 Å². The Morgan fingerprint density at radius 3 is 2.46 bits per heavy atom. The first-order chi connectivity index (χ1) is 16.7. The number of benzene rings is 1. The first-order valence-electron chi connectivity index (χ1n) is 13.6. The van der Waals surface area contributed by atoms with Crippen molar-refractivity contribution in [3.05, 3.63) is 30.3 Å². The van der Waals surface area contributed by atoms with Crippen LogP contribution in [-0.4, -0.2) is 53.7 Å². The zero-order chi connectivity index (χ0) is 25.2. The minimum atomic E-state index is -0.535. The van der Waals surface area contributed by atoms with Crippen molar-refractivity contribution in [1.82, 2.24) is 10.2 Å². The molecule has 2 amide bonds. The minimum Gasteiger partial charge on any atom is -0.484 e. The predicted molar refractivity (Wildman–Crippen MR) is 137 cm³/mol. The van der Waals surface area contributed by atoms with Gasteiger partial charge < -0.3 is 20.1 Å². The SMILES string of the molecule is CC1CCN(C(=O)[C@@H](C)[C@@H]2CC[C@]3(C)CC[C@H](NC(=O)COc4ccccc4)[C@H](C)[C@@H]3[C@H]2O)CC1. The smallest absolute Gasteiger partial charge is 0.258 e. The molecule has 2 aliphatic carbocycles. The summed E-state index contributed by atoms with van der Waals surface area (Å²) in [7, 11) is 0. The molecule has 4 rings (SSSR count). The molecule has 3 fully saturated rings. The zero-order valence-electron chi connectivity index (χ0n) is 21.9. The first kappa shape index (κ1) is 26.0. The van der Waals surface area contributed by atoms with Gasteiger partial charge in [-0.1, -0.05) is 45.9 Å². The second kappa shape index (κ2) is 10.9. The van der Waals surface area contributed by atoms with Gasteiger partial charge in [-0.3, -0.25) is 9.59 Å². The summed E-state index contributed by atoms with van der Waals surface area (Å²) >= 11 is 0. The van der Waals surface area contributed by atoms with Crippen LogP contribution in [0.25, 0.3) is 0 Å². The summed E-state index contributed by atoms with van der Waals surface area (Å²) in [6, 6.07) is 9.37. The van der Waals surface area contributed by atoms with E-state index < -0.39 is 6.10 Å². The third kappa shape index (κ3) is 5.68. The highest BCUT2D eigenvalue weighted by atomic mass is 16.5. The number of hydrogen-bond acceptors (Lipinski definition) is 4. The summed E-state index contributed by atoms with van der Waals surface area (Å²) in [6.07, 6.45) is 5.39. The number of piperidine rings is 1. The topological polar surface area (TPSA) is 78.9 Å². The van der Waals surface area contributed by atoms with Gasteiger partial charge in [0.1, 0.15) is 5.75 Å². The second-order valence-corrected chi connectivity index (χ2v) is 11.8. The molecule has 0 bridgehead atoms. The van der Waals surface area contributed by atoms with Crippen LogP contribution in [0.4, 0.5) is 0 Å². The van der Waals surface area contributed by atoms with Gasteiger partial charge in [-0.15, -0.1) is 0 Å². The van der Waals surface area contributed by atoms with Crippen LogP contribution in [0.2, 0.25) is 0 Å². The molecule has 1 aromatic carbocycles. The fourth-order valence-corrected chi connectivity index (χ4v) is 7.11. The van der Waals surface area contributed by atoms with Crippen molar-refractivity contribution in [1.29, 1.82) is 0 Å². The Morgan fingerprint density at radius 2 is 1.77 bits per heavy atom. The van der Waals surface area contributed by atoms with Gasteiger partial charge in [0.05, 0.1) is 6.10 Å². The normalized spacial score (nSPS) is 34.5. The predicted octanol–water partition coefficient (Wildman–Crippen LogP) is 4.27. The van der Waals surface area contributed by atoms with E-state index in [0.29, 0.717) is 11.7 Å². The Kier molecular flexibility index (Phi) is 8.09. The molecule has 0 spiro atoms. The summed E-state index contributed by atoms with van der Waals surface area (Å²) in [5, 5.41) is 14.8. The maximum Gasteiger partial charge on any atom is 0.258 e. The van der Waals surface area contributed by atoms with E-state index >= 15 is 0 Å². The van der Waals surface area contributed by atoms with Crippen LogP contribution in [0.1, 0.15) is 66.2 Å². The van der Waals surface area contributed by atoms with Gasteiger partial charge >= 0.3 is 0 Å². The van der Waals surface area contributed by atoms with Gasteiger partial charge in [0.25, 0.3) is 5.91 Å². The number of aliphatic hydroxyl groups is 1. The molecular weight excluding hydrogens is 440 g/mol. The van der Waals surface area contributed by atoms with Crippen molar-refractivity contribution in [3.8, 4) is 5.75 Å². The van der Waals surface area contributed by atoms with Crippen LogP contribution in [0.5, 0.6) is 5.75 Å². The lowest BCUT2D eigenvalue weighted by molar-refractivity contribution is -0.152. The number of ether oxygens (including phenoxy) is 1. The van der Waals surface area contributed by atoms with Crippen LogP contribution in [-0.2, 0) is 9.59 Å². The highest BCUT2D eigenvalue weighted by Gasteiger charge is 2.54. The van der Waals surface area contributed by atoms with E-state index in [4.69, 9.17) is 4.74 Å². The van der Waals surface area contributed by atoms with Gasteiger partial charge in [0, 0.05) is 25.0 Å². The molecule has 6 nitrogen and oxygen atoms in total. The van der Waals surface area contributed by atoms with Crippen LogP contribution >= 0.6 is 0 Å². The molecule has 194 valence electrons. The quantitative estimate of drug-likeness (QED) is 0.632. The van der Waals surface area contributed by atoms with E-state index in [1.165, 1.54) is 0 Å². The second-order valence-electron chi connectivity index (χ2n) is 11.8. The molecule has 3 aliphatic rings. The fourth-order valence-electron chi connectivity index (χ4n) is 7.11. The number of likely N-dealkylation sites (tertiary alicyclic amines) is 1. The molecule has 0 radical (unpaired) electrons. The van der Waals surface area contributed by atoms with Gasteiger partial charge in [0.15, 0.2) is 6.61 Å². The van der Waals surface area contributed by atoms with Crippen molar-refractivity contribution in [2.75, 3.05) is 19.7 Å². The lowest BCUT2D eigenvalue weighted by Gasteiger charge is -2.56. The molecule has 0 unspecified atom stereocenters. The molecule has 2 N–H and O–H groups in total. The average Bonchev–Trinajstić information content (AvgIpc) is 2.85. The fraction of sp³-hybridized carbons (Fsp3) is 0.724. The molecule has 1 heterocycles. The molecule has 7 atom stereocenters. The van der Waals surface area contributed by atoms with Crippen LogP contribution < -0.4 is 10.1 Å². The number of hydrogen-bond donors (Lipinski definition) is 2. The summed E-state index contributed by atoms with van der Waals surface area (Å²) < 4.78 is 5.63. The minimum absolute atomic E-state index is 0.00272. The van der Waals surface area contributed by atoms with Crippen LogP contribution in [0.15, 0.2) is 30.3 Å². The highest BCUT2D eigenvalue weighted by molar-refractivity contribution is 5.79. The van der Waals surface area contributed by atoms with Crippen molar-refractivity contribution in [2.45, 2.75) is 78.4 Å². The van der Waals surface area contributed by atoms with Gasteiger partial charge in [-0.2, -0.15) is 0 Å². The zero-order valence-corrected chi connectivity index (χ0v) is 21.9. The summed E-state index contributed by atoms with van der Waals surface area (Å²) in [4.78, 5) is 28.0. The number of rotatable bonds is 6. The molecule has 35 heavy (non-hydrogen) atoms. The van der Waals surface area contributed by atoms with E-state index in [1.807, 2.05) is 42.2 Å². The lowest BCUT2D eigenvalue weighted by Crippen LogP contribution is -2.59. The van der Waals surface area contributed by atoms with Crippen molar-refractivity contribution in [2.24, 2.45) is 35.0 Å². The number of para-hydroxylation sites is 1. The maximum absolute atomic E-state index is 13.3. The molecule has 2 saturated carbocycles. The molecule has 6 heteroatoms. The third-order valence-electron chi connectivity index (χ3n) is 9.47. The number of carbonyl (C=O) groups excluding carboxylic acids is 2. The van der Waals surface area contributed by atoms with Crippen LogP contribution in [0, 0.1) is 35.0 Å². The van der Waals surface area contributed by atoms with Gasteiger partial charge in [-0.05, 0) is 79.7 Å². The Morgan fingerprint density at radius 1 is 1.11 bits per heavy atom. The highest BCUT2D eigenvalue weighted by Crippen LogP contribution is 2.55. The monoisotopic (exact) mass is 484 g/mol. The van der Waals surface area contributed by atoms with E-state index in [-0.39, 0.29) is 53.5 Å². The lowest BCUT2D eigenvalue weighted by atomic mass is 9.51. The molecular formula is C29H44N2O4. The Hall–Kier alpha value is -2.08. The van der Waals surface area contributed by atoms with Gasteiger partial charge in [-0.25, -0.2) is 0 Å². The van der Waals surface area contributed by atoms with Crippen molar-refractivity contribution < 1.29 is 19.4 Å². The Labute approximate surface area is 210 Å². The number of nitrogens with one attached hydrogen (secondary N) is 1. The summed E-state index contributed by atoms with van der Waals surface area (Å²) in [5.41, 5.74) is 0.0421. The molecule has 1 saturated heterocycles. The number of fused-ring (bicyclic) bond motifs is 1. The van der Waals surface area contributed by atoms with E-state index in [0.717, 1.165) is 51.6 Å². The molecule has 1 aromatic rings. The van der Waals surface area contributed by atoms with Gasteiger partial charge in [0.2, 0.25) is 5.91 Å². The number of aliphatic hydroxyl groups excluding tert-OH is 1. The number of nitrogens with zero attached hydrogens (tertiary/aromatic N) is 1. The van der Waals surface area contributed by atoms with Crippen molar-refractivity contribution in [3.63, 3.8) is 0 Å². The Balaban J connectivity index is 1.38. The molecule has 1 aliphatic heterocycles. The van der Waals surface area contributed by atoms with E-state index in [2.05, 4.69) is 26.1 Å². The number of carbonyl (C=O) groups is 2. The maximum atomic E-state index is 13.3. The van der Waals surface area contributed by atoms with Crippen molar-refractivity contribution >= 4 is 11.8 Å². The summed E-state index contributed by atoms with van der Waals surface area (Å²) in [6.45, 7) is 10.4. The largest absolute Gasteiger partial charge is 0.484 e. The molecule has 0 aromatic heterocycles. The average molecular weight is 485 g/mol. The Bertz CT molecular complexity index is 869. The number of amides is 2. The summed E-state index contributed by atoms with van der Waals surface area (Å²) in [5.74, 6) is 1.43. The first-order valence-corrected chi connectivity index (χ1v) is 13.6. The van der Waals surface area contributed by atoms with Crippen LogP contribution in [0.3, 0.4) is 0 Å². The van der Waals surface area contributed by atoms with E-state index in [9.17, 15) is 14.7 Å². The standard InChI is InChI=1S/C29H44N2O4/c1-19-12-16-31(17-13-19)28(34)20(2)23-10-14-29(4)15-11-24(21(3)26(29)27(23)33)30-25(32)18-35-22-8-6-5-7-9-22/h5-9,19-21,23-24,26-27,33H,10-18H2,1-4H3,(H,30,32)/t20-,21-,23-,24-,26+,27-,29+/m0/s1.